The molecule has 1 aromatic carbocycles. The maximum Gasteiger partial charge on any atom is 0.134 e. The standard InChI is InChI=1S/C19H25N5/c1-22(2)18-15-19(21-16-20-18)24-13-11-23(12-14-24)10-6-9-17-7-4-3-5-8-17/h3-9,15-16H,10-14H2,1-2H3/b9-6+. The van der Waals surface area contributed by atoms with Crippen LogP contribution in [0.1, 0.15) is 5.56 Å². The fourth-order valence-electron chi connectivity index (χ4n) is 2.82. The third kappa shape index (κ3) is 4.32. The minimum atomic E-state index is 0.952. The molecular formula is C19H25N5. The number of aromatic nitrogens is 2. The summed E-state index contributed by atoms with van der Waals surface area (Å²) in [5, 5.41) is 0. The molecule has 1 aliphatic rings. The van der Waals surface area contributed by atoms with Crippen LogP contribution in [0.3, 0.4) is 0 Å². The molecule has 0 N–H and O–H groups in total. The number of anilines is 2. The molecule has 5 heteroatoms. The van der Waals surface area contributed by atoms with E-state index in [4.69, 9.17) is 0 Å². The number of piperazine rings is 1. The number of hydrogen-bond acceptors (Lipinski definition) is 5. The highest BCUT2D eigenvalue weighted by Crippen LogP contribution is 2.17. The average Bonchev–Trinajstić information content (AvgIpc) is 2.63. The Kier molecular flexibility index (Phi) is 5.43. The van der Waals surface area contributed by atoms with Gasteiger partial charge in [-0.3, -0.25) is 4.90 Å². The van der Waals surface area contributed by atoms with Gasteiger partial charge in [0.25, 0.3) is 0 Å². The van der Waals surface area contributed by atoms with Crippen molar-refractivity contribution in [2.24, 2.45) is 0 Å². The van der Waals surface area contributed by atoms with Crippen LogP contribution in [0, 0.1) is 0 Å². The monoisotopic (exact) mass is 323 g/mol. The van der Waals surface area contributed by atoms with Gasteiger partial charge in [-0.05, 0) is 5.56 Å². The molecule has 0 radical (unpaired) electrons. The van der Waals surface area contributed by atoms with Gasteiger partial charge in [0.2, 0.25) is 0 Å². The van der Waals surface area contributed by atoms with Crippen LogP contribution in [-0.4, -0.2) is 61.7 Å². The zero-order chi connectivity index (χ0) is 16.8. The molecule has 0 saturated carbocycles. The van der Waals surface area contributed by atoms with E-state index in [-0.39, 0.29) is 0 Å². The summed E-state index contributed by atoms with van der Waals surface area (Å²) in [6.07, 6.45) is 6.10. The lowest BCUT2D eigenvalue weighted by molar-refractivity contribution is 0.283. The van der Waals surface area contributed by atoms with Gasteiger partial charge in [0.15, 0.2) is 0 Å². The van der Waals surface area contributed by atoms with E-state index in [1.807, 2.05) is 25.1 Å². The molecule has 0 aliphatic carbocycles. The molecule has 0 bridgehead atoms. The summed E-state index contributed by atoms with van der Waals surface area (Å²) in [6, 6.07) is 12.5. The van der Waals surface area contributed by atoms with Crippen LogP contribution in [-0.2, 0) is 0 Å². The molecule has 0 atom stereocenters. The highest BCUT2D eigenvalue weighted by Gasteiger charge is 2.17. The first-order valence-electron chi connectivity index (χ1n) is 8.40. The SMILES string of the molecule is CN(C)c1cc(N2CCN(C/C=C/c3ccccc3)CC2)ncn1. The van der Waals surface area contributed by atoms with Crippen LogP contribution in [0.25, 0.3) is 6.08 Å². The molecule has 2 heterocycles. The second kappa shape index (κ2) is 7.93. The van der Waals surface area contributed by atoms with Crippen LogP contribution in [0.2, 0.25) is 0 Å². The van der Waals surface area contributed by atoms with Crippen molar-refractivity contribution in [3.05, 3.63) is 54.4 Å². The maximum absolute atomic E-state index is 4.43. The van der Waals surface area contributed by atoms with Crippen molar-refractivity contribution in [1.82, 2.24) is 14.9 Å². The Morgan fingerprint density at radius 3 is 2.50 bits per heavy atom. The Labute approximate surface area is 144 Å². The molecule has 1 aromatic heterocycles. The summed E-state index contributed by atoms with van der Waals surface area (Å²) in [4.78, 5) is 15.5. The van der Waals surface area contributed by atoms with Crippen molar-refractivity contribution in [3.8, 4) is 0 Å². The second-order valence-corrected chi connectivity index (χ2v) is 6.23. The lowest BCUT2D eigenvalue weighted by Gasteiger charge is -2.35. The largest absolute Gasteiger partial charge is 0.363 e. The van der Waals surface area contributed by atoms with Gasteiger partial charge in [-0.15, -0.1) is 0 Å². The summed E-state index contributed by atoms with van der Waals surface area (Å²) < 4.78 is 0. The third-order valence-electron chi connectivity index (χ3n) is 4.27. The highest BCUT2D eigenvalue weighted by molar-refractivity contribution is 5.50. The average molecular weight is 323 g/mol. The van der Waals surface area contributed by atoms with Crippen LogP contribution in [0.4, 0.5) is 11.6 Å². The Morgan fingerprint density at radius 2 is 1.79 bits per heavy atom. The molecule has 1 fully saturated rings. The van der Waals surface area contributed by atoms with E-state index in [9.17, 15) is 0 Å². The molecule has 24 heavy (non-hydrogen) atoms. The molecule has 5 nitrogen and oxygen atoms in total. The first-order valence-corrected chi connectivity index (χ1v) is 8.40. The minimum absolute atomic E-state index is 0.952. The minimum Gasteiger partial charge on any atom is -0.363 e. The summed E-state index contributed by atoms with van der Waals surface area (Å²) >= 11 is 0. The summed E-state index contributed by atoms with van der Waals surface area (Å²) in [5.41, 5.74) is 1.26. The van der Waals surface area contributed by atoms with Crippen LogP contribution in [0.15, 0.2) is 48.8 Å². The van der Waals surface area contributed by atoms with Gasteiger partial charge in [-0.1, -0.05) is 42.5 Å². The third-order valence-corrected chi connectivity index (χ3v) is 4.27. The van der Waals surface area contributed by atoms with E-state index in [2.05, 4.69) is 62.3 Å². The molecule has 0 unspecified atom stereocenters. The molecule has 2 aromatic rings. The lowest BCUT2D eigenvalue weighted by Crippen LogP contribution is -2.46. The van der Waals surface area contributed by atoms with Gasteiger partial charge in [-0.2, -0.15) is 0 Å². The quantitative estimate of drug-likeness (QED) is 0.844. The predicted octanol–water partition coefficient (Wildman–Crippen LogP) is 2.38. The summed E-state index contributed by atoms with van der Waals surface area (Å²) in [5.74, 6) is 1.97. The van der Waals surface area contributed by atoms with Crippen molar-refractivity contribution in [2.45, 2.75) is 0 Å². The van der Waals surface area contributed by atoms with E-state index in [1.165, 1.54) is 5.56 Å². The smallest absolute Gasteiger partial charge is 0.134 e. The molecule has 0 amide bonds. The molecule has 1 aliphatic heterocycles. The molecule has 1 saturated heterocycles. The van der Waals surface area contributed by atoms with Gasteiger partial charge in [0, 0.05) is 52.9 Å². The lowest BCUT2D eigenvalue weighted by atomic mass is 10.2. The molecular weight excluding hydrogens is 298 g/mol. The zero-order valence-corrected chi connectivity index (χ0v) is 14.5. The maximum atomic E-state index is 4.43. The van der Waals surface area contributed by atoms with Crippen molar-refractivity contribution in [3.63, 3.8) is 0 Å². The van der Waals surface area contributed by atoms with E-state index in [1.54, 1.807) is 6.33 Å². The number of hydrogen-bond donors (Lipinski definition) is 0. The van der Waals surface area contributed by atoms with Crippen LogP contribution in [0.5, 0.6) is 0 Å². The normalized spacial score (nSPS) is 15.8. The Balaban J connectivity index is 1.51. The Bertz CT molecular complexity index is 660. The predicted molar refractivity (Wildman–Crippen MR) is 100 cm³/mol. The second-order valence-electron chi connectivity index (χ2n) is 6.23. The van der Waals surface area contributed by atoms with Crippen molar-refractivity contribution in [1.29, 1.82) is 0 Å². The first-order chi connectivity index (χ1) is 11.7. The van der Waals surface area contributed by atoms with Crippen molar-refractivity contribution in [2.75, 3.05) is 56.6 Å². The van der Waals surface area contributed by atoms with E-state index in [0.717, 1.165) is 44.4 Å². The van der Waals surface area contributed by atoms with Crippen molar-refractivity contribution >= 4 is 17.7 Å². The fourth-order valence-corrected chi connectivity index (χ4v) is 2.82. The van der Waals surface area contributed by atoms with E-state index < -0.39 is 0 Å². The van der Waals surface area contributed by atoms with E-state index in [0.29, 0.717) is 0 Å². The van der Waals surface area contributed by atoms with Gasteiger partial charge in [0.1, 0.15) is 18.0 Å². The van der Waals surface area contributed by atoms with Gasteiger partial charge >= 0.3 is 0 Å². The highest BCUT2D eigenvalue weighted by atomic mass is 15.3. The van der Waals surface area contributed by atoms with Gasteiger partial charge in [0.05, 0.1) is 0 Å². The van der Waals surface area contributed by atoms with E-state index >= 15 is 0 Å². The van der Waals surface area contributed by atoms with Crippen LogP contribution < -0.4 is 9.80 Å². The van der Waals surface area contributed by atoms with Gasteiger partial charge in [-0.25, -0.2) is 9.97 Å². The number of benzene rings is 1. The Morgan fingerprint density at radius 1 is 1.04 bits per heavy atom. The topological polar surface area (TPSA) is 35.5 Å². The number of nitrogens with zero attached hydrogens (tertiary/aromatic N) is 5. The Hall–Kier alpha value is -2.40. The summed E-state index contributed by atoms with van der Waals surface area (Å²) in [7, 11) is 4.01. The molecule has 126 valence electrons. The molecule has 0 spiro atoms. The van der Waals surface area contributed by atoms with Crippen molar-refractivity contribution < 1.29 is 0 Å². The molecule has 3 rings (SSSR count). The van der Waals surface area contributed by atoms with Crippen LogP contribution >= 0.6 is 0 Å². The summed E-state index contributed by atoms with van der Waals surface area (Å²) in [6.45, 7) is 5.11. The fraction of sp³-hybridized carbons (Fsp3) is 0.368. The first kappa shape index (κ1) is 16.5. The number of rotatable bonds is 5. The van der Waals surface area contributed by atoms with Gasteiger partial charge < -0.3 is 9.80 Å². The zero-order valence-electron chi connectivity index (χ0n) is 14.5.